The molecule has 0 radical (unpaired) electrons. The summed E-state index contributed by atoms with van der Waals surface area (Å²) in [4.78, 5) is 18.4. The Morgan fingerprint density at radius 3 is 0.966 bits per heavy atom. The van der Waals surface area contributed by atoms with Gasteiger partial charge in [0, 0.05) is 141 Å². The molecule has 0 fully saturated rings. The zero-order valence-corrected chi connectivity index (χ0v) is 86.0. The lowest BCUT2D eigenvalue weighted by atomic mass is 9.33. The maximum absolute atomic E-state index is 6.16. The number of aryl methyl sites for hydroxylation is 2. The molecule has 0 saturated carbocycles. The number of nitrogens with zero attached hydrogens (tertiary/aromatic N) is 8. The normalized spacial score (nSPS) is 13.9. The molecule has 14 heteroatoms. The molecule has 0 atom stereocenters. The number of anilines is 17. The van der Waals surface area contributed by atoms with E-state index in [2.05, 4.69) is 558 Å². The number of rotatable bonds is 4. The summed E-state index contributed by atoms with van der Waals surface area (Å²) in [7, 11) is 13.5. The third kappa shape index (κ3) is 16.5. The van der Waals surface area contributed by atoms with E-state index in [0.717, 1.165) is 40.8 Å². The number of para-hydroxylation sites is 17. The van der Waals surface area contributed by atoms with Gasteiger partial charge >= 0.3 is 0 Å². The summed E-state index contributed by atoms with van der Waals surface area (Å²) >= 11 is 0. The van der Waals surface area contributed by atoms with E-state index in [1.165, 1.54) is 179 Å². The average Bonchev–Trinajstić information content (AvgIpc) is 0.694. The van der Waals surface area contributed by atoms with Crippen LogP contribution in [0.1, 0.15) is 44.5 Å². The zero-order valence-electron chi connectivity index (χ0n) is 85.0. The van der Waals surface area contributed by atoms with E-state index >= 15 is 0 Å². The molecule has 20 aromatic rings. The minimum absolute atomic E-state index is 0.253. The fraction of sp³-hybridized carbons (Fsp3) is 0.0977. The maximum Gasteiger partial charge on any atom is 0.256 e. The Hall–Kier alpha value is -17.2. The molecule has 10 nitrogen and oxygen atoms in total. The van der Waals surface area contributed by atoms with Gasteiger partial charge in [-0.3, -0.25) is 0 Å². The van der Waals surface area contributed by atoms with Gasteiger partial charge in [0.1, 0.15) is 19.6 Å². The van der Waals surface area contributed by atoms with Crippen molar-refractivity contribution in [3.8, 4) is 23.0 Å². The molecule has 0 amide bonds. The molecule has 9 aliphatic heterocycles. The van der Waals surface area contributed by atoms with Crippen LogP contribution >= 0.6 is 0 Å². The van der Waals surface area contributed by atoms with E-state index < -0.39 is 8.07 Å². The Bertz CT molecular complexity index is 7940. The highest BCUT2D eigenvalue weighted by Gasteiger charge is 2.48. The second-order valence-corrected chi connectivity index (χ2v) is 44.0. The maximum atomic E-state index is 6.16. The van der Waals surface area contributed by atoms with E-state index in [1.54, 1.807) is 10.4 Å². The predicted molar refractivity (Wildman–Crippen MR) is 629 cm³/mol. The number of hydrogen-bond acceptors (Lipinski definition) is 10. The molecule has 9 aliphatic rings. The van der Waals surface area contributed by atoms with Gasteiger partial charge in [0.15, 0.2) is 11.5 Å². The topological polar surface area (TPSA) is 44.4 Å². The first-order valence-electron chi connectivity index (χ1n) is 51.1. The Labute approximate surface area is 867 Å². The third-order valence-electron chi connectivity index (χ3n) is 31.3. The van der Waals surface area contributed by atoms with Crippen LogP contribution in [0.4, 0.5) is 96.7 Å². The zero-order chi connectivity index (χ0) is 100. The van der Waals surface area contributed by atoms with Gasteiger partial charge < -0.3 is 48.7 Å². The first-order chi connectivity index (χ1) is 72.0. The second kappa shape index (κ2) is 39.5. The molecular weight excluding hydrogens is 1800 g/mol. The number of benzene rings is 20. The van der Waals surface area contributed by atoms with E-state index in [9.17, 15) is 0 Å². The van der Waals surface area contributed by atoms with Gasteiger partial charge in [0.2, 0.25) is 6.71 Å². The van der Waals surface area contributed by atoms with Crippen LogP contribution in [0.15, 0.2) is 485 Å². The van der Waals surface area contributed by atoms with Gasteiger partial charge in [0.05, 0.1) is 16.8 Å². The SMILES string of the molecule is CN1c2ccccc2B2c3ccccc3N(c3ccccc3)c3cccc1c32.CN1c2ccccc2B2c3ccccc3Oc3cccc1c32.CN1c2ccccc2C(c2ccccc2)(c2ccccc2)c2ccccc21.CN1c2ccccc2Cc2ccccc21.CN1c2ccccc2Oc2ccccc21.CN1c2ccccc2[Si](C)(C)c2ccccc21.Cc1cccc(C)c1B1c2ccccc2N(C)c2ccccc21. The second-order valence-electron chi connectivity index (χ2n) is 39.7. The fourth-order valence-electron chi connectivity index (χ4n) is 24.3. The highest BCUT2D eigenvalue weighted by molar-refractivity contribution is 7.03. The Balaban J connectivity index is 0.0000000956. The van der Waals surface area contributed by atoms with E-state index in [1.807, 2.05) is 42.5 Å². The molecule has 0 saturated heterocycles. The minimum Gasteiger partial charge on any atom is -0.458 e. The first kappa shape index (κ1) is 93.5. The number of ether oxygens (including phenoxy) is 2. The summed E-state index contributed by atoms with van der Waals surface area (Å²) in [5.74, 6) is 3.77. The molecule has 0 aromatic heterocycles. The summed E-state index contributed by atoms with van der Waals surface area (Å²) < 4.78 is 12.0. The Morgan fingerprint density at radius 2 is 0.490 bits per heavy atom. The van der Waals surface area contributed by atoms with Crippen LogP contribution in [0, 0.1) is 13.8 Å². The van der Waals surface area contributed by atoms with Gasteiger partial charge in [-0.2, -0.15) is 0 Å². The summed E-state index contributed by atoms with van der Waals surface area (Å²) in [6, 6.07) is 173. The largest absolute Gasteiger partial charge is 0.458 e. The monoisotopic (exact) mass is 1920 g/mol. The summed E-state index contributed by atoms with van der Waals surface area (Å²) in [5, 5.41) is 3.09. The lowest BCUT2D eigenvalue weighted by Crippen LogP contribution is -2.61. The molecule has 147 heavy (non-hydrogen) atoms. The fourth-order valence-corrected chi connectivity index (χ4v) is 27.4. The van der Waals surface area contributed by atoms with E-state index in [0.29, 0.717) is 6.71 Å². The van der Waals surface area contributed by atoms with Gasteiger partial charge in [-0.25, -0.2) is 0 Å². The van der Waals surface area contributed by atoms with Crippen molar-refractivity contribution < 1.29 is 9.47 Å². The quantitative estimate of drug-likeness (QED) is 0.159. The van der Waals surface area contributed by atoms with Crippen molar-refractivity contribution in [3.63, 3.8) is 0 Å². The molecule has 0 unspecified atom stereocenters. The van der Waals surface area contributed by atoms with Crippen molar-refractivity contribution in [1.29, 1.82) is 0 Å². The van der Waals surface area contributed by atoms with Crippen LogP contribution in [-0.4, -0.2) is 77.5 Å². The lowest BCUT2D eigenvalue weighted by molar-refractivity contribution is 0.475. The molecule has 9 heterocycles. The van der Waals surface area contributed by atoms with Gasteiger partial charge in [-0.15, -0.1) is 0 Å². The molecule has 0 N–H and O–H groups in total. The highest BCUT2D eigenvalue weighted by atomic mass is 28.3. The Morgan fingerprint density at radius 1 is 0.211 bits per heavy atom. The van der Waals surface area contributed by atoms with Gasteiger partial charge in [0.25, 0.3) is 13.4 Å². The van der Waals surface area contributed by atoms with Gasteiger partial charge in [-0.1, -0.05) is 382 Å². The van der Waals surface area contributed by atoms with Crippen LogP contribution in [0.2, 0.25) is 13.1 Å². The predicted octanol–water partition coefficient (Wildman–Crippen LogP) is 25.0. The van der Waals surface area contributed by atoms with Gasteiger partial charge in [-0.05, 0) is 235 Å². The Kier molecular flexibility index (Phi) is 25.1. The van der Waals surface area contributed by atoms with Crippen LogP contribution in [-0.2, 0) is 11.8 Å². The number of hydrogen-bond donors (Lipinski definition) is 0. The molecule has 20 aromatic carbocycles. The molecule has 0 bridgehead atoms. The average molecular weight is 1920 g/mol. The van der Waals surface area contributed by atoms with E-state index in [4.69, 9.17) is 9.47 Å². The highest BCUT2D eigenvalue weighted by Crippen LogP contribution is 2.56. The van der Waals surface area contributed by atoms with Crippen molar-refractivity contribution in [2.45, 2.75) is 38.8 Å². The molecule has 29 rings (SSSR count). The van der Waals surface area contributed by atoms with Crippen molar-refractivity contribution >= 4 is 184 Å². The molecular formula is C133H115B3N8O2Si. The van der Waals surface area contributed by atoms with Crippen LogP contribution in [0.25, 0.3) is 0 Å². The number of fused-ring (bicyclic) bond motifs is 18. The minimum atomic E-state index is -1.52. The van der Waals surface area contributed by atoms with E-state index in [-0.39, 0.29) is 18.8 Å². The summed E-state index contributed by atoms with van der Waals surface area (Å²) in [6.45, 7) is 10.2. The van der Waals surface area contributed by atoms with Crippen molar-refractivity contribution in [2.75, 3.05) is 88.5 Å². The molecule has 0 spiro atoms. The first-order valence-corrected chi connectivity index (χ1v) is 54.1. The van der Waals surface area contributed by atoms with Crippen LogP contribution in [0.3, 0.4) is 0 Å². The van der Waals surface area contributed by atoms with Crippen LogP contribution < -0.4 is 108 Å². The van der Waals surface area contributed by atoms with Crippen molar-refractivity contribution in [3.05, 3.63) is 530 Å². The molecule has 0 aliphatic carbocycles. The third-order valence-corrected chi connectivity index (χ3v) is 34.8. The standard InChI is InChI=1S/C26H21N.C25H19BN2.C21H20BN.C19H14BNO.C15H17NSi.C14H13N.C13H11NO/c1-27-24-18-10-8-16-22(24)26(20-12-4-2-5-13-20,21-14-6-3-7-15-21)23-17-9-11-19-25(23)27;1-27-21-14-7-5-12-19(21)26-20-13-6-8-15-22(20)28(18-10-3-2-4-11-18)24-17-9-16-23(27)25(24)26;1-15-9-8-10-16(2)21(15)22-17-11-4-6-13-19(17)23(3)20-14-7-5-12-18(20)22;1-21-15-9-4-2-7-13(15)20-14-8-3-5-11-17(14)22-18-12-6-10-16(21)19(18)20;1-16-12-8-4-6-10-14(12)17(2,3)15-11-7-5-9-13(15)16;1-15-13-8-4-2-6-11(13)10-12-7-3-5-9-14(12)15;1-14-10-6-2-4-8-12(10)15-13-9-5-3-7-11(13)14/h2-19H,1H3;2-17H,1H3;4-14H,1-3H3;2-12H,1H3;4-11H,1-3H3;2-9H,10H2,1H3;2-9H,1H3. The van der Waals surface area contributed by atoms with Crippen molar-refractivity contribution in [2.24, 2.45) is 0 Å². The molecule has 712 valence electrons. The smallest absolute Gasteiger partial charge is 0.256 e. The van der Waals surface area contributed by atoms with Crippen molar-refractivity contribution in [1.82, 2.24) is 0 Å². The summed E-state index contributed by atoms with van der Waals surface area (Å²) in [6.07, 6.45) is 1.05. The summed E-state index contributed by atoms with van der Waals surface area (Å²) in [5.41, 5.74) is 44.3. The van der Waals surface area contributed by atoms with Crippen LogP contribution in [0.5, 0.6) is 23.0 Å². The lowest BCUT2D eigenvalue weighted by Gasteiger charge is -2.45.